The highest BCUT2D eigenvalue weighted by Crippen LogP contribution is 2.31. The van der Waals surface area contributed by atoms with Gasteiger partial charge in [0.2, 0.25) is 0 Å². The summed E-state index contributed by atoms with van der Waals surface area (Å²) in [4.78, 5) is 8.77. The van der Waals surface area contributed by atoms with E-state index in [1.807, 2.05) is 26.8 Å². The maximum absolute atomic E-state index is 13.1. The highest BCUT2D eigenvalue weighted by Gasteiger charge is 2.22. The Bertz CT molecular complexity index is 1240. The summed E-state index contributed by atoms with van der Waals surface area (Å²) in [6.45, 7) is 5.92. The molecule has 4 aromatic rings. The van der Waals surface area contributed by atoms with E-state index in [0.29, 0.717) is 22.5 Å². The average Bonchev–Trinajstić information content (AvgIpc) is 3.25. The molecule has 0 amide bonds. The molecule has 0 aliphatic rings. The second-order valence-electron chi connectivity index (χ2n) is 6.46. The molecule has 3 aromatic heterocycles. The van der Waals surface area contributed by atoms with Crippen molar-refractivity contribution >= 4 is 21.1 Å². The number of aryl methyl sites for hydroxylation is 3. The van der Waals surface area contributed by atoms with Crippen molar-refractivity contribution in [2.45, 2.75) is 32.1 Å². The summed E-state index contributed by atoms with van der Waals surface area (Å²) >= 11 is 0. The highest BCUT2D eigenvalue weighted by molar-refractivity contribution is 7.90. The van der Waals surface area contributed by atoms with Gasteiger partial charge in [-0.1, -0.05) is 24.6 Å². The lowest BCUT2D eigenvalue weighted by Gasteiger charge is -2.07. The second kappa shape index (κ2) is 6.35. The number of aromatic nitrogens is 3. The monoisotopic (exact) mass is 381 g/mol. The van der Waals surface area contributed by atoms with E-state index in [0.717, 1.165) is 23.3 Å². The van der Waals surface area contributed by atoms with Crippen molar-refractivity contribution in [1.82, 2.24) is 13.9 Å². The summed E-state index contributed by atoms with van der Waals surface area (Å²) in [7, 11) is -3.75. The Kier molecular flexibility index (Phi) is 4.11. The summed E-state index contributed by atoms with van der Waals surface area (Å²) in [5.41, 5.74) is 2.95. The quantitative estimate of drug-likeness (QED) is 0.532. The lowest BCUT2D eigenvalue weighted by molar-refractivity contribution is 0.525. The third-order valence-electron chi connectivity index (χ3n) is 4.60. The average molecular weight is 381 g/mol. The molecule has 138 valence electrons. The van der Waals surface area contributed by atoms with E-state index in [1.54, 1.807) is 30.3 Å². The second-order valence-corrected chi connectivity index (χ2v) is 8.27. The van der Waals surface area contributed by atoms with Crippen LogP contribution in [0, 0.1) is 13.8 Å². The van der Waals surface area contributed by atoms with Gasteiger partial charge < -0.3 is 4.42 Å². The van der Waals surface area contributed by atoms with Crippen molar-refractivity contribution in [3.8, 4) is 11.5 Å². The fourth-order valence-corrected chi connectivity index (χ4v) is 4.43. The summed E-state index contributed by atoms with van der Waals surface area (Å²) in [5, 5.41) is 0.629. The molecular formula is C20H19N3O3S. The zero-order chi connectivity index (χ0) is 19.2. The topological polar surface area (TPSA) is 78.0 Å². The molecule has 0 aliphatic carbocycles. The first-order valence-electron chi connectivity index (χ1n) is 8.66. The summed E-state index contributed by atoms with van der Waals surface area (Å²) in [5.74, 6) is 1.51. The summed E-state index contributed by atoms with van der Waals surface area (Å²) in [6, 6.07) is 10.4. The molecule has 0 aliphatic heterocycles. The van der Waals surface area contributed by atoms with Gasteiger partial charge in [0.15, 0.2) is 11.4 Å². The van der Waals surface area contributed by atoms with Crippen LogP contribution in [0.1, 0.15) is 23.8 Å². The molecule has 6 nitrogen and oxygen atoms in total. The fraction of sp³-hybridized carbons (Fsp3) is 0.200. The van der Waals surface area contributed by atoms with E-state index in [2.05, 4.69) is 9.97 Å². The van der Waals surface area contributed by atoms with Crippen molar-refractivity contribution in [1.29, 1.82) is 0 Å². The van der Waals surface area contributed by atoms with Crippen molar-refractivity contribution in [2.24, 2.45) is 0 Å². The van der Waals surface area contributed by atoms with Crippen molar-refractivity contribution < 1.29 is 12.8 Å². The van der Waals surface area contributed by atoms with Gasteiger partial charge in [0.05, 0.1) is 4.90 Å². The minimum Gasteiger partial charge on any atom is -0.459 e. The van der Waals surface area contributed by atoms with E-state index < -0.39 is 10.0 Å². The van der Waals surface area contributed by atoms with Gasteiger partial charge in [-0.15, -0.1) is 0 Å². The van der Waals surface area contributed by atoms with Crippen molar-refractivity contribution in [3.05, 3.63) is 65.8 Å². The zero-order valence-electron chi connectivity index (χ0n) is 15.3. The normalized spacial score (nSPS) is 12.0. The van der Waals surface area contributed by atoms with Crippen LogP contribution >= 0.6 is 0 Å². The molecule has 3 heterocycles. The predicted molar refractivity (Wildman–Crippen MR) is 103 cm³/mol. The lowest BCUT2D eigenvalue weighted by atomic mass is 10.2. The molecule has 4 rings (SSSR count). The highest BCUT2D eigenvalue weighted by atomic mass is 32.2. The summed E-state index contributed by atoms with van der Waals surface area (Å²) < 4.78 is 33.2. The van der Waals surface area contributed by atoms with Gasteiger partial charge in [0.25, 0.3) is 10.0 Å². The molecule has 0 unspecified atom stereocenters. The van der Waals surface area contributed by atoms with Crippen LogP contribution in [0.25, 0.3) is 22.5 Å². The van der Waals surface area contributed by atoms with Crippen LogP contribution in [-0.2, 0) is 16.4 Å². The molecule has 0 spiro atoms. The van der Waals surface area contributed by atoms with E-state index in [1.165, 1.54) is 16.5 Å². The molecule has 1 aromatic carbocycles. The molecule has 27 heavy (non-hydrogen) atoms. The molecule has 0 radical (unpaired) electrons. The summed E-state index contributed by atoms with van der Waals surface area (Å²) in [6.07, 6.45) is 3.65. The number of benzene rings is 1. The van der Waals surface area contributed by atoms with Gasteiger partial charge in [0, 0.05) is 18.0 Å². The number of rotatable bonds is 4. The number of hydrogen-bond acceptors (Lipinski definition) is 5. The van der Waals surface area contributed by atoms with Crippen LogP contribution in [-0.4, -0.2) is 22.4 Å². The number of fused-ring (bicyclic) bond motifs is 1. The number of hydrogen-bond donors (Lipinski definition) is 0. The minimum atomic E-state index is -3.75. The SMILES string of the molecule is CCc1oc(-c2ncnc3c2ccn3S(=O)(=O)c2ccc(C)cc2)cc1C. The zero-order valence-corrected chi connectivity index (χ0v) is 16.1. The lowest BCUT2D eigenvalue weighted by Crippen LogP contribution is -2.12. The third kappa shape index (κ3) is 2.84. The fourth-order valence-electron chi connectivity index (χ4n) is 3.13. The van der Waals surface area contributed by atoms with Gasteiger partial charge in [-0.3, -0.25) is 0 Å². The maximum Gasteiger partial charge on any atom is 0.269 e. The minimum absolute atomic E-state index is 0.216. The van der Waals surface area contributed by atoms with Gasteiger partial charge in [-0.05, 0) is 43.7 Å². The Morgan fingerprint density at radius 3 is 2.48 bits per heavy atom. The maximum atomic E-state index is 13.1. The largest absolute Gasteiger partial charge is 0.459 e. The van der Waals surface area contributed by atoms with Gasteiger partial charge >= 0.3 is 0 Å². The Balaban J connectivity index is 1.89. The first-order valence-corrected chi connectivity index (χ1v) is 10.1. The molecule has 0 saturated heterocycles. The predicted octanol–water partition coefficient (Wildman–Crippen LogP) is 4.11. The van der Waals surface area contributed by atoms with E-state index in [4.69, 9.17) is 4.42 Å². The molecule has 0 N–H and O–H groups in total. The van der Waals surface area contributed by atoms with E-state index in [-0.39, 0.29) is 4.90 Å². The molecule has 0 atom stereocenters. The van der Waals surface area contributed by atoms with E-state index >= 15 is 0 Å². The molecule has 0 bridgehead atoms. The van der Waals surface area contributed by atoms with Crippen LogP contribution < -0.4 is 0 Å². The van der Waals surface area contributed by atoms with Crippen molar-refractivity contribution in [3.63, 3.8) is 0 Å². The Hall–Kier alpha value is -2.93. The van der Waals surface area contributed by atoms with Crippen LogP contribution in [0.4, 0.5) is 0 Å². The first-order chi connectivity index (χ1) is 12.9. The standard InChI is InChI=1S/C20H19N3O3S/c1-4-17-14(3)11-18(26-17)19-16-9-10-23(20(16)22-12-21-19)27(24,25)15-7-5-13(2)6-8-15/h5-12H,4H2,1-3H3. The Morgan fingerprint density at radius 2 is 1.81 bits per heavy atom. The van der Waals surface area contributed by atoms with Crippen LogP contribution in [0.15, 0.2) is 58.2 Å². The molecule has 7 heteroatoms. The van der Waals surface area contributed by atoms with Crippen LogP contribution in [0.5, 0.6) is 0 Å². The number of nitrogens with zero attached hydrogens (tertiary/aromatic N) is 3. The molecular weight excluding hydrogens is 362 g/mol. The van der Waals surface area contributed by atoms with Crippen LogP contribution in [0.2, 0.25) is 0 Å². The van der Waals surface area contributed by atoms with E-state index in [9.17, 15) is 8.42 Å². The van der Waals surface area contributed by atoms with Gasteiger partial charge in [-0.25, -0.2) is 22.4 Å². The third-order valence-corrected chi connectivity index (χ3v) is 6.28. The smallest absolute Gasteiger partial charge is 0.269 e. The first kappa shape index (κ1) is 17.5. The van der Waals surface area contributed by atoms with Crippen molar-refractivity contribution in [2.75, 3.05) is 0 Å². The van der Waals surface area contributed by atoms with Gasteiger partial charge in [0.1, 0.15) is 17.8 Å². The van der Waals surface area contributed by atoms with Crippen LogP contribution in [0.3, 0.4) is 0 Å². The Labute approximate surface area is 157 Å². The van der Waals surface area contributed by atoms with Gasteiger partial charge in [-0.2, -0.15) is 0 Å². The Morgan fingerprint density at radius 1 is 1.07 bits per heavy atom. The molecule has 0 saturated carbocycles. The number of furan rings is 1. The molecule has 0 fully saturated rings.